The van der Waals surface area contributed by atoms with Crippen molar-refractivity contribution >= 4 is 17.4 Å². The molecule has 0 aliphatic carbocycles. The number of ketones is 1. The Morgan fingerprint density at radius 2 is 1.83 bits per heavy atom. The van der Waals surface area contributed by atoms with Crippen molar-refractivity contribution in [1.29, 1.82) is 0 Å². The number of methoxy groups -OCH3 is 1. The fourth-order valence-corrected chi connectivity index (χ4v) is 4.51. The standard InChI is InChI=1S/C28H24N4O4/c1-18-23(16-30-32(18)21-10-4-3-5-11-21)26(33)24-25(20-9-6-12-22(14-20)36-2)31(28(35)27(24)34)17-19-8-7-13-29-15-19/h3-16,25,33H,17H2,1-2H3/b26-24+. The number of rotatable bonds is 6. The monoisotopic (exact) mass is 480 g/mol. The summed E-state index contributed by atoms with van der Waals surface area (Å²) in [5.41, 5.74) is 3.25. The van der Waals surface area contributed by atoms with Gasteiger partial charge in [0, 0.05) is 18.9 Å². The molecule has 1 atom stereocenters. The van der Waals surface area contributed by atoms with E-state index >= 15 is 0 Å². The van der Waals surface area contributed by atoms with Gasteiger partial charge in [0.1, 0.15) is 11.5 Å². The molecule has 0 bridgehead atoms. The number of para-hydroxylation sites is 1. The number of benzene rings is 2. The maximum absolute atomic E-state index is 13.4. The van der Waals surface area contributed by atoms with Crippen molar-refractivity contribution in [1.82, 2.24) is 19.7 Å². The molecule has 1 saturated heterocycles. The third-order valence-corrected chi connectivity index (χ3v) is 6.29. The number of carbonyl (C=O) groups is 2. The molecule has 2 aromatic heterocycles. The van der Waals surface area contributed by atoms with E-state index in [0.717, 1.165) is 11.3 Å². The van der Waals surface area contributed by atoms with Crippen LogP contribution in [-0.4, -0.2) is 43.6 Å². The second-order valence-corrected chi connectivity index (χ2v) is 8.46. The number of pyridine rings is 1. The molecule has 1 unspecified atom stereocenters. The molecule has 36 heavy (non-hydrogen) atoms. The largest absolute Gasteiger partial charge is 0.507 e. The summed E-state index contributed by atoms with van der Waals surface area (Å²) >= 11 is 0. The molecule has 0 spiro atoms. The molecule has 3 heterocycles. The molecule has 8 heteroatoms. The van der Waals surface area contributed by atoms with Crippen LogP contribution in [0.3, 0.4) is 0 Å². The number of aromatic nitrogens is 3. The number of ether oxygens (including phenoxy) is 1. The number of Topliss-reactive ketones (excluding diaryl/α,β-unsaturated/α-hetero) is 1. The Balaban J connectivity index is 1.66. The van der Waals surface area contributed by atoms with Crippen LogP contribution >= 0.6 is 0 Å². The number of hydrogen-bond donors (Lipinski definition) is 1. The van der Waals surface area contributed by atoms with Gasteiger partial charge in [0.05, 0.1) is 41.9 Å². The van der Waals surface area contributed by atoms with Crippen molar-refractivity contribution in [3.63, 3.8) is 0 Å². The van der Waals surface area contributed by atoms with Gasteiger partial charge in [0.2, 0.25) is 0 Å². The van der Waals surface area contributed by atoms with Crippen LogP contribution < -0.4 is 4.74 Å². The van der Waals surface area contributed by atoms with Crippen LogP contribution in [0.1, 0.15) is 28.4 Å². The number of aliphatic hydroxyl groups excluding tert-OH is 1. The van der Waals surface area contributed by atoms with Crippen molar-refractivity contribution in [2.45, 2.75) is 19.5 Å². The van der Waals surface area contributed by atoms with Gasteiger partial charge in [-0.25, -0.2) is 4.68 Å². The predicted molar refractivity (Wildman–Crippen MR) is 133 cm³/mol. The molecular formula is C28H24N4O4. The zero-order valence-electron chi connectivity index (χ0n) is 19.8. The molecule has 1 amide bonds. The molecule has 8 nitrogen and oxygen atoms in total. The van der Waals surface area contributed by atoms with E-state index in [4.69, 9.17) is 4.74 Å². The third kappa shape index (κ3) is 4.02. The minimum Gasteiger partial charge on any atom is -0.507 e. The van der Waals surface area contributed by atoms with Crippen LogP contribution in [-0.2, 0) is 16.1 Å². The Morgan fingerprint density at radius 1 is 1.03 bits per heavy atom. The van der Waals surface area contributed by atoms with E-state index in [2.05, 4.69) is 10.1 Å². The van der Waals surface area contributed by atoms with Gasteiger partial charge in [-0.1, -0.05) is 36.4 Å². The van der Waals surface area contributed by atoms with Gasteiger partial charge in [0.15, 0.2) is 0 Å². The molecule has 180 valence electrons. The fourth-order valence-electron chi connectivity index (χ4n) is 4.51. The van der Waals surface area contributed by atoms with E-state index in [-0.39, 0.29) is 17.9 Å². The summed E-state index contributed by atoms with van der Waals surface area (Å²) in [4.78, 5) is 32.2. The van der Waals surface area contributed by atoms with Crippen LogP contribution in [0.25, 0.3) is 11.4 Å². The average molecular weight is 481 g/mol. The molecule has 0 radical (unpaired) electrons. The lowest BCUT2D eigenvalue weighted by Crippen LogP contribution is -2.29. The summed E-state index contributed by atoms with van der Waals surface area (Å²) in [6.45, 7) is 1.96. The zero-order valence-corrected chi connectivity index (χ0v) is 19.8. The maximum Gasteiger partial charge on any atom is 0.295 e. The highest BCUT2D eigenvalue weighted by atomic mass is 16.5. The van der Waals surface area contributed by atoms with Gasteiger partial charge in [-0.15, -0.1) is 0 Å². The van der Waals surface area contributed by atoms with Crippen molar-refractivity contribution in [2.75, 3.05) is 7.11 Å². The van der Waals surface area contributed by atoms with Crippen molar-refractivity contribution < 1.29 is 19.4 Å². The van der Waals surface area contributed by atoms with Crippen LogP contribution in [0.5, 0.6) is 5.75 Å². The lowest BCUT2D eigenvalue weighted by molar-refractivity contribution is -0.140. The molecule has 0 saturated carbocycles. The Kier molecular flexibility index (Phi) is 6.08. The number of amides is 1. The molecular weight excluding hydrogens is 456 g/mol. The smallest absolute Gasteiger partial charge is 0.295 e. The van der Waals surface area contributed by atoms with Gasteiger partial charge in [-0.3, -0.25) is 14.6 Å². The van der Waals surface area contributed by atoms with Crippen molar-refractivity contribution in [3.8, 4) is 11.4 Å². The van der Waals surface area contributed by atoms with Crippen LogP contribution in [0.15, 0.2) is 90.9 Å². The van der Waals surface area contributed by atoms with E-state index in [9.17, 15) is 14.7 Å². The lowest BCUT2D eigenvalue weighted by atomic mass is 9.95. The van der Waals surface area contributed by atoms with Crippen molar-refractivity contribution in [3.05, 3.63) is 113 Å². The van der Waals surface area contributed by atoms with Gasteiger partial charge in [0.25, 0.3) is 11.7 Å². The molecule has 1 N–H and O–H groups in total. The summed E-state index contributed by atoms with van der Waals surface area (Å²) in [6.07, 6.45) is 4.80. The highest BCUT2D eigenvalue weighted by Gasteiger charge is 2.46. The Hall–Kier alpha value is -4.72. The van der Waals surface area contributed by atoms with Crippen LogP contribution in [0, 0.1) is 6.92 Å². The molecule has 1 aliphatic heterocycles. The van der Waals surface area contributed by atoms with E-state index in [0.29, 0.717) is 22.6 Å². The number of hydrogen-bond acceptors (Lipinski definition) is 6. The normalized spacial score (nSPS) is 16.9. The first-order valence-corrected chi connectivity index (χ1v) is 11.4. The summed E-state index contributed by atoms with van der Waals surface area (Å²) in [6, 6.07) is 19.4. The molecule has 5 rings (SSSR count). The lowest BCUT2D eigenvalue weighted by Gasteiger charge is -2.25. The maximum atomic E-state index is 13.4. The molecule has 4 aromatic rings. The molecule has 1 fully saturated rings. The zero-order chi connectivity index (χ0) is 25.2. The van der Waals surface area contributed by atoms with E-state index in [1.807, 2.05) is 42.5 Å². The first-order valence-electron chi connectivity index (χ1n) is 11.4. The van der Waals surface area contributed by atoms with E-state index < -0.39 is 17.7 Å². The number of likely N-dealkylation sites (tertiary alicyclic amines) is 1. The number of nitrogens with zero attached hydrogens (tertiary/aromatic N) is 4. The summed E-state index contributed by atoms with van der Waals surface area (Å²) < 4.78 is 7.07. The van der Waals surface area contributed by atoms with Gasteiger partial charge in [-0.05, 0) is 48.4 Å². The number of carbonyl (C=O) groups excluding carboxylic acids is 2. The minimum atomic E-state index is -0.820. The Bertz CT molecular complexity index is 1460. The Morgan fingerprint density at radius 3 is 2.56 bits per heavy atom. The van der Waals surface area contributed by atoms with E-state index in [1.54, 1.807) is 55.4 Å². The summed E-state index contributed by atoms with van der Waals surface area (Å²) in [5, 5.41) is 15.9. The van der Waals surface area contributed by atoms with Gasteiger partial charge < -0.3 is 14.7 Å². The second kappa shape index (κ2) is 9.50. The quantitative estimate of drug-likeness (QED) is 0.252. The topological polar surface area (TPSA) is 97.5 Å². The minimum absolute atomic E-state index is 0.00727. The van der Waals surface area contributed by atoms with E-state index in [1.165, 1.54) is 11.1 Å². The first-order chi connectivity index (χ1) is 17.5. The SMILES string of the molecule is COc1cccc(C2/C(=C(\O)c3cnn(-c4ccccc4)c3C)C(=O)C(=O)N2Cc2cccnc2)c1. The fraction of sp³-hybridized carbons (Fsp3) is 0.143. The summed E-state index contributed by atoms with van der Waals surface area (Å²) in [7, 11) is 1.55. The van der Waals surface area contributed by atoms with Crippen LogP contribution in [0.4, 0.5) is 0 Å². The van der Waals surface area contributed by atoms with Gasteiger partial charge >= 0.3 is 0 Å². The second-order valence-electron chi connectivity index (χ2n) is 8.46. The summed E-state index contributed by atoms with van der Waals surface area (Å²) in [5.74, 6) is -1.14. The highest BCUT2D eigenvalue weighted by Crippen LogP contribution is 2.41. The molecule has 2 aromatic carbocycles. The average Bonchev–Trinajstić information content (AvgIpc) is 3.42. The van der Waals surface area contributed by atoms with Crippen LogP contribution in [0.2, 0.25) is 0 Å². The predicted octanol–water partition coefficient (Wildman–Crippen LogP) is 4.21. The third-order valence-electron chi connectivity index (χ3n) is 6.29. The van der Waals surface area contributed by atoms with Crippen molar-refractivity contribution in [2.24, 2.45) is 0 Å². The first kappa shape index (κ1) is 23.0. The van der Waals surface area contributed by atoms with Gasteiger partial charge in [-0.2, -0.15) is 5.10 Å². The highest BCUT2D eigenvalue weighted by molar-refractivity contribution is 6.46. The number of aliphatic hydroxyl groups is 1. The Labute approximate surface area is 208 Å². The molecule has 1 aliphatic rings.